The van der Waals surface area contributed by atoms with Crippen molar-refractivity contribution in [3.63, 3.8) is 0 Å². The van der Waals surface area contributed by atoms with Crippen LogP contribution in [-0.2, 0) is 0 Å². The molecule has 0 radical (unpaired) electrons. The fraction of sp³-hybridized carbons (Fsp3) is 0.188. The highest BCUT2D eigenvalue weighted by molar-refractivity contribution is 7.80. The molecule has 2 rings (SSSR count). The van der Waals surface area contributed by atoms with E-state index in [-0.39, 0.29) is 0 Å². The number of methoxy groups -OCH3 is 3. The zero-order chi connectivity index (χ0) is 15.9. The monoisotopic (exact) mass is 318 g/mol. The molecule has 0 aliphatic carbocycles. The van der Waals surface area contributed by atoms with Crippen LogP contribution in [0.25, 0.3) is 0 Å². The van der Waals surface area contributed by atoms with Crippen LogP contribution in [-0.4, -0.2) is 26.4 Å². The van der Waals surface area contributed by atoms with E-state index in [0.29, 0.717) is 10.9 Å². The quantitative estimate of drug-likeness (QED) is 0.823. The first kappa shape index (κ1) is 15.9. The van der Waals surface area contributed by atoms with Gasteiger partial charge >= 0.3 is 0 Å². The SMILES string of the molecule is COc1ccc(NC(=S)Nc2ccc(OC)cc2OC)cc1. The Bertz CT molecular complexity index is 644. The summed E-state index contributed by atoms with van der Waals surface area (Å²) in [6.45, 7) is 0. The summed E-state index contributed by atoms with van der Waals surface area (Å²) in [4.78, 5) is 0. The average Bonchev–Trinajstić information content (AvgIpc) is 2.55. The first-order chi connectivity index (χ1) is 10.7. The minimum absolute atomic E-state index is 0.466. The molecule has 0 spiro atoms. The molecule has 0 amide bonds. The Morgan fingerprint density at radius 1 is 0.818 bits per heavy atom. The van der Waals surface area contributed by atoms with Gasteiger partial charge in [-0.3, -0.25) is 0 Å². The minimum atomic E-state index is 0.466. The second-order valence-corrected chi connectivity index (χ2v) is 4.78. The van der Waals surface area contributed by atoms with Gasteiger partial charge in [-0.15, -0.1) is 0 Å². The van der Waals surface area contributed by atoms with Crippen LogP contribution in [0.1, 0.15) is 0 Å². The predicted octanol–water partition coefficient (Wildman–Crippen LogP) is 3.52. The Kier molecular flexibility index (Phi) is 5.43. The molecule has 0 bridgehead atoms. The van der Waals surface area contributed by atoms with E-state index < -0.39 is 0 Å². The van der Waals surface area contributed by atoms with Gasteiger partial charge in [0.1, 0.15) is 17.2 Å². The van der Waals surface area contributed by atoms with Gasteiger partial charge in [-0.25, -0.2) is 0 Å². The van der Waals surface area contributed by atoms with Crippen LogP contribution in [0.2, 0.25) is 0 Å². The van der Waals surface area contributed by atoms with E-state index in [4.69, 9.17) is 26.4 Å². The topological polar surface area (TPSA) is 51.8 Å². The van der Waals surface area contributed by atoms with Crippen molar-refractivity contribution >= 4 is 28.7 Å². The molecule has 0 saturated heterocycles. The third kappa shape index (κ3) is 4.02. The van der Waals surface area contributed by atoms with Crippen molar-refractivity contribution in [2.75, 3.05) is 32.0 Å². The summed E-state index contributed by atoms with van der Waals surface area (Å²) in [5, 5.41) is 6.66. The van der Waals surface area contributed by atoms with Gasteiger partial charge in [0.2, 0.25) is 0 Å². The van der Waals surface area contributed by atoms with Crippen molar-refractivity contribution in [2.45, 2.75) is 0 Å². The Morgan fingerprint density at radius 3 is 2.05 bits per heavy atom. The van der Waals surface area contributed by atoms with E-state index in [1.165, 1.54) is 0 Å². The van der Waals surface area contributed by atoms with Gasteiger partial charge in [0, 0.05) is 11.8 Å². The van der Waals surface area contributed by atoms with Gasteiger partial charge in [-0.05, 0) is 48.6 Å². The van der Waals surface area contributed by atoms with E-state index in [0.717, 1.165) is 22.9 Å². The third-order valence-corrected chi connectivity index (χ3v) is 3.21. The standard InChI is InChI=1S/C16H18N2O3S/c1-19-12-6-4-11(5-7-12)17-16(22)18-14-9-8-13(20-2)10-15(14)21-3/h4-10H,1-3H3,(H2,17,18,22). The van der Waals surface area contributed by atoms with E-state index in [1.54, 1.807) is 27.4 Å². The number of thiocarbonyl (C=S) groups is 1. The van der Waals surface area contributed by atoms with Crippen molar-refractivity contribution < 1.29 is 14.2 Å². The number of ether oxygens (including phenoxy) is 3. The fourth-order valence-electron chi connectivity index (χ4n) is 1.86. The highest BCUT2D eigenvalue weighted by Gasteiger charge is 2.07. The number of anilines is 2. The van der Waals surface area contributed by atoms with Crippen LogP contribution in [0, 0.1) is 0 Å². The van der Waals surface area contributed by atoms with Crippen LogP contribution in [0.3, 0.4) is 0 Å². The second-order valence-electron chi connectivity index (χ2n) is 4.37. The molecule has 0 aliphatic rings. The lowest BCUT2D eigenvalue weighted by atomic mass is 10.2. The van der Waals surface area contributed by atoms with E-state index in [9.17, 15) is 0 Å². The largest absolute Gasteiger partial charge is 0.497 e. The Labute approximate surface area is 135 Å². The summed E-state index contributed by atoms with van der Waals surface area (Å²) in [6.07, 6.45) is 0. The maximum Gasteiger partial charge on any atom is 0.175 e. The summed E-state index contributed by atoms with van der Waals surface area (Å²) in [6, 6.07) is 13.0. The maximum absolute atomic E-state index is 5.32. The number of hydrogen-bond acceptors (Lipinski definition) is 4. The van der Waals surface area contributed by atoms with Crippen molar-refractivity contribution in [3.05, 3.63) is 42.5 Å². The van der Waals surface area contributed by atoms with Crippen LogP contribution in [0.5, 0.6) is 17.2 Å². The molecule has 6 heteroatoms. The molecule has 0 aromatic heterocycles. The minimum Gasteiger partial charge on any atom is -0.497 e. The second kappa shape index (κ2) is 7.51. The number of nitrogens with one attached hydrogen (secondary N) is 2. The van der Waals surface area contributed by atoms with Crippen LogP contribution < -0.4 is 24.8 Å². The molecular weight excluding hydrogens is 300 g/mol. The van der Waals surface area contributed by atoms with Gasteiger partial charge in [-0.1, -0.05) is 0 Å². The molecule has 0 aliphatic heterocycles. The summed E-state index contributed by atoms with van der Waals surface area (Å²) in [5.74, 6) is 2.16. The lowest BCUT2D eigenvalue weighted by molar-refractivity contribution is 0.395. The maximum atomic E-state index is 5.32. The molecule has 2 aromatic rings. The van der Waals surface area contributed by atoms with Crippen LogP contribution >= 0.6 is 12.2 Å². The molecule has 2 aromatic carbocycles. The molecule has 22 heavy (non-hydrogen) atoms. The summed E-state index contributed by atoms with van der Waals surface area (Å²) >= 11 is 5.31. The van der Waals surface area contributed by atoms with Gasteiger partial charge in [0.05, 0.1) is 27.0 Å². The average molecular weight is 318 g/mol. The predicted molar refractivity (Wildman–Crippen MR) is 92.4 cm³/mol. The molecule has 116 valence electrons. The number of benzene rings is 2. The smallest absolute Gasteiger partial charge is 0.175 e. The number of hydrogen-bond donors (Lipinski definition) is 2. The molecule has 0 atom stereocenters. The highest BCUT2D eigenvalue weighted by Crippen LogP contribution is 2.29. The van der Waals surface area contributed by atoms with E-state index in [2.05, 4.69) is 10.6 Å². The van der Waals surface area contributed by atoms with Gasteiger partial charge < -0.3 is 24.8 Å². The van der Waals surface area contributed by atoms with Crippen molar-refractivity contribution in [1.29, 1.82) is 0 Å². The van der Waals surface area contributed by atoms with E-state index >= 15 is 0 Å². The fourth-order valence-corrected chi connectivity index (χ4v) is 2.09. The van der Waals surface area contributed by atoms with Crippen molar-refractivity contribution in [1.82, 2.24) is 0 Å². The molecular formula is C16H18N2O3S. The Balaban J connectivity index is 2.04. The summed E-state index contributed by atoms with van der Waals surface area (Å²) in [5.41, 5.74) is 1.63. The molecule has 0 saturated carbocycles. The lowest BCUT2D eigenvalue weighted by Crippen LogP contribution is -2.19. The van der Waals surface area contributed by atoms with E-state index in [1.807, 2.05) is 36.4 Å². The zero-order valence-corrected chi connectivity index (χ0v) is 13.5. The zero-order valence-electron chi connectivity index (χ0n) is 12.7. The molecule has 0 fully saturated rings. The Morgan fingerprint density at radius 2 is 1.45 bits per heavy atom. The number of rotatable bonds is 5. The highest BCUT2D eigenvalue weighted by atomic mass is 32.1. The van der Waals surface area contributed by atoms with Gasteiger partial charge in [0.25, 0.3) is 0 Å². The van der Waals surface area contributed by atoms with Crippen molar-refractivity contribution in [3.8, 4) is 17.2 Å². The molecule has 0 unspecified atom stereocenters. The normalized spacial score (nSPS) is 9.77. The molecule has 2 N–H and O–H groups in total. The molecule has 0 heterocycles. The summed E-state index contributed by atoms with van der Waals surface area (Å²) < 4.78 is 15.6. The Hall–Kier alpha value is -2.47. The van der Waals surface area contributed by atoms with Crippen molar-refractivity contribution in [2.24, 2.45) is 0 Å². The molecule has 5 nitrogen and oxygen atoms in total. The third-order valence-electron chi connectivity index (χ3n) is 3.00. The first-order valence-corrected chi connectivity index (χ1v) is 7.01. The summed E-state index contributed by atoms with van der Waals surface area (Å²) in [7, 11) is 4.84. The van der Waals surface area contributed by atoms with Crippen LogP contribution in [0.15, 0.2) is 42.5 Å². The van der Waals surface area contributed by atoms with Crippen LogP contribution in [0.4, 0.5) is 11.4 Å². The first-order valence-electron chi connectivity index (χ1n) is 6.60. The van der Waals surface area contributed by atoms with Gasteiger partial charge in [0.15, 0.2) is 5.11 Å². The lowest BCUT2D eigenvalue weighted by Gasteiger charge is -2.14. The van der Waals surface area contributed by atoms with Gasteiger partial charge in [-0.2, -0.15) is 0 Å².